The molecule has 196 valence electrons. The second kappa shape index (κ2) is 9.89. The van der Waals surface area contributed by atoms with E-state index in [2.05, 4.69) is 29.2 Å². The monoisotopic (exact) mass is 523 g/mol. The van der Waals surface area contributed by atoms with Crippen molar-refractivity contribution in [2.75, 3.05) is 25.1 Å². The number of rotatable bonds is 8. The van der Waals surface area contributed by atoms with Crippen LogP contribution in [-0.2, 0) is 4.74 Å². The highest BCUT2D eigenvalue weighted by atomic mass is 35.5. The molecule has 2 saturated heterocycles. The average Bonchev–Trinajstić information content (AvgIpc) is 3.80. The van der Waals surface area contributed by atoms with Crippen molar-refractivity contribution in [1.82, 2.24) is 20.0 Å². The smallest absolute Gasteiger partial charge is 0.163 e. The van der Waals surface area contributed by atoms with Crippen LogP contribution in [0.3, 0.4) is 0 Å². The number of hydrogen-bond acceptors (Lipinski definition) is 8. The third kappa shape index (κ3) is 5.19. The molecule has 3 aromatic rings. The number of aromatic nitrogens is 3. The van der Waals surface area contributed by atoms with E-state index < -0.39 is 0 Å². The van der Waals surface area contributed by atoms with E-state index in [1.807, 2.05) is 32.0 Å². The molecule has 3 unspecified atom stereocenters. The summed E-state index contributed by atoms with van der Waals surface area (Å²) in [6.45, 7) is 10.6. The van der Waals surface area contributed by atoms with Gasteiger partial charge >= 0.3 is 0 Å². The Kier molecular flexibility index (Phi) is 6.59. The molecule has 0 radical (unpaired) electrons. The lowest BCUT2D eigenvalue weighted by molar-refractivity contribution is 0.144. The van der Waals surface area contributed by atoms with Crippen LogP contribution >= 0.6 is 11.6 Å². The van der Waals surface area contributed by atoms with Crippen molar-refractivity contribution >= 4 is 17.4 Å². The maximum absolute atomic E-state index is 6.68. The topological polar surface area (TPSA) is 88.8 Å². The molecule has 3 fully saturated rings. The Hall–Kier alpha value is -2.68. The predicted octanol–water partition coefficient (Wildman–Crippen LogP) is 5.58. The van der Waals surface area contributed by atoms with Gasteiger partial charge in [0.1, 0.15) is 30.0 Å². The summed E-state index contributed by atoms with van der Waals surface area (Å²) in [6.07, 6.45) is 5.03. The Bertz CT molecular complexity index is 1280. The van der Waals surface area contributed by atoms with E-state index in [4.69, 9.17) is 35.6 Å². The van der Waals surface area contributed by atoms with Gasteiger partial charge in [0, 0.05) is 35.8 Å². The number of nitrogens with zero attached hydrogens (tertiary/aromatic N) is 4. The maximum Gasteiger partial charge on any atom is 0.163 e. The minimum atomic E-state index is 0.172. The first-order valence-corrected chi connectivity index (χ1v) is 13.6. The van der Waals surface area contributed by atoms with Gasteiger partial charge in [0.05, 0.1) is 28.6 Å². The first-order valence-electron chi connectivity index (χ1n) is 13.3. The lowest BCUT2D eigenvalue weighted by atomic mass is 9.97. The molecular weight excluding hydrogens is 490 g/mol. The van der Waals surface area contributed by atoms with Crippen LogP contribution in [0.1, 0.15) is 49.6 Å². The summed E-state index contributed by atoms with van der Waals surface area (Å²) in [5.41, 5.74) is 4.21. The van der Waals surface area contributed by atoms with Gasteiger partial charge in [-0.05, 0) is 71.6 Å². The van der Waals surface area contributed by atoms with Gasteiger partial charge in [-0.2, -0.15) is 0 Å². The van der Waals surface area contributed by atoms with Gasteiger partial charge in [0.15, 0.2) is 5.82 Å². The van der Waals surface area contributed by atoms with Crippen molar-refractivity contribution in [3.63, 3.8) is 0 Å². The van der Waals surface area contributed by atoms with Gasteiger partial charge in [-0.1, -0.05) is 16.8 Å². The molecule has 1 aromatic carbocycles. The molecule has 0 amide bonds. The highest BCUT2D eigenvalue weighted by Gasteiger charge is 2.36. The summed E-state index contributed by atoms with van der Waals surface area (Å²) >= 11 is 6.68. The molecular formula is C28H34ClN5O3. The van der Waals surface area contributed by atoms with E-state index in [0.29, 0.717) is 35.3 Å². The third-order valence-corrected chi connectivity index (χ3v) is 8.05. The largest absolute Gasteiger partial charge is 0.491 e. The van der Waals surface area contributed by atoms with E-state index in [1.165, 1.54) is 12.8 Å². The van der Waals surface area contributed by atoms with Gasteiger partial charge in [0.25, 0.3) is 0 Å². The molecule has 2 aliphatic heterocycles. The SMILES string of the molecule is Cc1noc(C)c1-c1nc(-c2cc(OCC3CO3)ccc2Cl)nc(NC2CCN(C3CC3)C(C)C2)c1C. The number of benzene rings is 1. The van der Waals surface area contributed by atoms with Crippen LogP contribution < -0.4 is 10.1 Å². The molecule has 1 saturated carbocycles. The standard InChI is InChI=1S/C28H34ClN5O3/c1-15-11-19(9-10-34(15)20-5-6-20)30-27-16(2)26(25-17(3)33-37-18(25)4)31-28(32-27)23-12-21(7-8-24(23)29)35-13-22-14-36-22/h7-8,12,15,19-20,22H,5-6,9-11,13-14H2,1-4H3,(H,30,31,32). The Morgan fingerprint density at radius 3 is 2.65 bits per heavy atom. The normalized spacial score (nSPS) is 23.8. The number of piperidine rings is 1. The lowest BCUT2D eigenvalue weighted by Gasteiger charge is -2.38. The molecule has 6 rings (SSSR count). The number of epoxide rings is 1. The van der Waals surface area contributed by atoms with Crippen LogP contribution in [0, 0.1) is 20.8 Å². The first-order chi connectivity index (χ1) is 17.9. The molecule has 8 nitrogen and oxygen atoms in total. The van der Waals surface area contributed by atoms with E-state index >= 15 is 0 Å². The second-order valence-corrected chi connectivity index (χ2v) is 11.1. The van der Waals surface area contributed by atoms with Gasteiger partial charge < -0.3 is 19.3 Å². The zero-order chi connectivity index (χ0) is 25.7. The fourth-order valence-electron chi connectivity index (χ4n) is 5.42. The van der Waals surface area contributed by atoms with Crippen LogP contribution in [0.15, 0.2) is 22.7 Å². The van der Waals surface area contributed by atoms with Crippen LogP contribution in [0.2, 0.25) is 5.02 Å². The van der Waals surface area contributed by atoms with Crippen molar-refractivity contribution in [3.05, 3.63) is 40.2 Å². The van der Waals surface area contributed by atoms with Gasteiger partial charge in [0.2, 0.25) is 0 Å². The van der Waals surface area contributed by atoms with E-state index in [-0.39, 0.29) is 6.10 Å². The number of nitrogens with one attached hydrogen (secondary N) is 1. The van der Waals surface area contributed by atoms with Crippen molar-refractivity contribution in [2.24, 2.45) is 0 Å². The summed E-state index contributed by atoms with van der Waals surface area (Å²) in [6, 6.07) is 7.30. The van der Waals surface area contributed by atoms with Crippen molar-refractivity contribution in [3.8, 4) is 28.4 Å². The Morgan fingerprint density at radius 2 is 1.97 bits per heavy atom. The summed E-state index contributed by atoms with van der Waals surface area (Å²) in [4.78, 5) is 12.7. The average molecular weight is 524 g/mol. The molecule has 3 aliphatic rings. The van der Waals surface area contributed by atoms with Gasteiger partial charge in [-0.25, -0.2) is 9.97 Å². The molecule has 3 atom stereocenters. The van der Waals surface area contributed by atoms with E-state index in [0.717, 1.165) is 71.7 Å². The number of anilines is 1. The fourth-order valence-corrected chi connectivity index (χ4v) is 5.63. The van der Waals surface area contributed by atoms with Crippen LogP contribution in [0.4, 0.5) is 5.82 Å². The van der Waals surface area contributed by atoms with Crippen LogP contribution in [0.5, 0.6) is 5.75 Å². The number of ether oxygens (including phenoxy) is 2. The Morgan fingerprint density at radius 1 is 1.16 bits per heavy atom. The summed E-state index contributed by atoms with van der Waals surface area (Å²) < 4.78 is 16.7. The summed E-state index contributed by atoms with van der Waals surface area (Å²) in [5.74, 6) is 2.82. The van der Waals surface area contributed by atoms with Crippen LogP contribution in [-0.4, -0.2) is 64.0 Å². The molecule has 37 heavy (non-hydrogen) atoms. The second-order valence-electron chi connectivity index (χ2n) is 10.7. The fraction of sp³-hybridized carbons (Fsp3) is 0.536. The first kappa shape index (κ1) is 24.6. The zero-order valence-corrected chi connectivity index (χ0v) is 22.6. The predicted molar refractivity (Wildman–Crippen MR) is 143 cm³/mol. The minimum Gasteiger partial charge on any atom is -0.491 e. The molecule has 0 bridgehead atoms. The molecule has 1 aliphatic carbocycles. The zero-order valence-electron chi connectivity index (χ0n) is 21.9. The Labute approximate surface area is 222 Å². The molecule has 4 heterocycles. The molecule has 1 N–H and O–H groups in total. The third-order valence-electron chi connectivity index (χ3n) is 7.72. The summed E-state index contributed by atoms with van der Waals surface area (Å²) in [7, 11) is 0. The molecule has 9 heteroatoms. The lowest BCUT2D eigenvalue weighted by Crippen LogP contribution is -2.46. The van der Waals surface area contributed by atoms with Gasteiger partial charge in [-0.3, -0.25) is 4.90 Å². The van der Waals surface area contributed by atoms with Crippen LogP contribution in [0.25, 0.3) is 22.6 Å². The maximum atomic E-state index is 6.68. The molecule has 2 aromatic heterocycles. The molecule has 0 spiro atoms. The minimum absolute atomic E-state index is 0.172. The van der Waals surface area contributed by atoms with E-state index in [1.54, 1.807) is 0 Å². The Balaban J connectivity index is 1.36. The van der Waals surface area contributed by atoms with Crippen molar-refractivity contribution < 1.29 is 14.0 Å². The number of aryl methyl sites for hydroxylation is 2. The number of hydrogen-bond donors (Lipinski definition) is 1. The van der Waals surface area contributed by atoms with E-state index in [9.17, 15) is 0 Å². The highest BCUT2D eigenvalue weighted by molar-refractivity contribution is 6.33. The number of likely N-dealkylation sites (tertiary alicyclic amines) is 1. The quantitative estimate of drug-likeness (QED) is 0.383. The van der Waals surface area contributed by atoms with Crippen molar-refractivity contribution in [2.45, 2.75) is 77.6 Å². The highest BCUT2D eigenvalue weighted by Crippen LogP contribution is 2.38. The number of halogens is 1. The summed E-state index contributed by atoms with van der Waals surface area (Å²) in [5, 5.41) is 8.53. The van der Waals surface area contributed by atoms with Crippen molar-refractivity contribution in [1.29, 1.82) is 0 Å². The van der Waals surface area contributed by atoms with Gasteiger partial charge in [-0.15, -0.1) is 0 Å².